The first-order valence-corrected chi connectivity index (χ1v) is 11.3. The molecule has 0 unspecified atom stereocenters. The Morgan fingerprint density at radius 1 is 0.909 bits per heavy atom. The third-order valence-corrected chi connectivity index (χ3v) is 6.05. The molecule has 3 aromatic rings. The van der Waals surface area contributed by atoms with Crippen molar-refractivity contribution in [2.75, 3.05) is 0 Å². The van der Waals surface area contributed by atoms with Gasteiger partial charge in [0.25, 0.3) is 5.91 Å². The number of amides is 2. The van der Waals surface area contributed by atoms with Crippen LogP contribution in [0.15, 0.2) is 72.8 Å². The molecule has 1 heterocycles. The molecule has 4 rings (SSSR count). The number of nitrogens with zero attached hydrogens (tertiary/aromatic N) is 1. The summed E-state index contributed by atoms with van der Waals surface area (Å²) in [5.74, 6) is -0.0568. The SMILES string of the molecule is Cc1ccc(C(=O)N[C@@H]2C(=O)N/[N+](=C\c3ccc(C(C)C)cc3)[C@H]2c2ccc(C)cc2)cc1. The maximum Gasteiger partial charge on any atom is 0.304 e. The molecule has 0 aromatic heterocycles. The number of hydrazone groups is 1. The maximum atomic E-state index is 13.0. The van der Waals surface area contributed by atoms with Gasteiger partial charge in [-0.15, -0.1) is 10.1 Å². The van der Waals surface area contributed by atoms with Gasteiger partial charge in [0, 0.05) is 16.7 Å². The van der Waals surface area contributed by atoms with Crippen LogP contribution in [0.2, 0.25) is 0 Å². The van der Waals surface area contributed by atoms with E-state index in [1.807, 2.05) is 68.6 Å². The Morgan fingerprint density at radius 2 is 1.48 bits per heavy atom. The molecule has 0 aliphatic carbocycles. The van der Waals surface area contributed by atoms with Gasteiger partial charge in [0.15, 0.2) is 6.04 Å². The molecule has 2 atom stereocenters. The monoisotopic (exact) mass is 440 g/mol. The molecule has 1 aliphatic rings. The Labute approximate surface area is 195 Å². The van der Waals surface area contributed by atoms with E-state index >= 15 is 0 Å². The van der Waals surface area contributed by atoms with Crippen LogP contribution in [0.5, 0.6) is 0 Å². The molecule has 3 aromatic carbocycles. The van der Waals surface area contributed by atoms with Crippen molar-refractivity contribution in [3.8, 4) is 0 Å². The minimum Gasteiger partial charge on any atom is -0.334 e. The topological polar surface area (TPSA) is 61.2 Å². The van der Waals surface area contributed by atoms with Crippen molar-refractivity contribution in [1.29, 1.82) is 0 Å². The molecule has 0 saturated carbocycles. The van der Waals surface area contributed by atoms with Crippen LogP contribution >= 0.6 is 0 Å². The lowest BCUT2D eigenvalue weighted by atomic mass is 9.98. The smallest absolute Gasteiger partial charge is 0.304 e. The van der Waals surface area contributed by atoms with Crippen LogP contribution in [0.1, 0.15) is 64.0 Å². The molecule has 168 valence electrons. The maximum absolute atomic E-state index is 13.0. The number of hydrazine groups is 1. The van der Waals surface area contributed by atoms with Crippen molar-refractivity contribution in [2.45, 2.75) is 45.7 Å². The zero-order valence-corrected chi connectivity index (χ0v) is 19.5. The molecule has 0 spiro atoms. The first-order valence-electron chi connectivity index (χ1n) is 11.3. The minimum absolute atomic E-state index is 0.240. The molecule has 5 nitrogen and oxygen atoms in total. The lowest BCUT2D eigenvalue weighted by Gasteiger charge is -2.15. The number of rotatable bonds is 5. The average molecular weight is 441 g/mol. The molecule has 1 fully saturated rings. The molecular weight excluding hydrogens is 410 g/mol. The van der Waals surface area contributed by atoms with Gasteiger partial charge in [-0.3, -0.25) is 9.59 Å². The van der Waals surface area contributed by atoms with Gasteiger partial charge in [0.2, 0.25) is 12.3 Å². The highest BCUT2D eigenvalue weighted by atomic mass is 16.2. The van der Waals surface area contributed by atoms with E-state index in [2.05, 4.69) is 36.7 Å². The van der Waals surface area contributed by atoms with Crippen LogP contribution < -0.4 is 10.7 Å². The van der Waals surface area contributed by atoms with Gasteiger partial charge in [-0.05, 0) is 49.6 Å². The third kappa shape index (κ3) is 5.03. The van der Waals surface area contributed by atoms with E-state index in [1.165, 1.54) is 5.56 Å². The van der Waals surface area contributed by atoms with Gasteiger partial charge < -0.3 is 5.32 Å². The summed E-state index contributed by atoms with van der Waals surface area (Å²) in [5.41, 5.74) is 8.87. The number of carbonyl (C=O) groups excluding carboxylic acids is 2. The summed E-state index contributed by atoms with van der Waals surface area (Å²) in [6.45, 7) is 8.32. The summed E-state index contributed by atoms with van der Waals surface area (Å²) >= 11 is 0. The molecule has 1 aliphatic heterocycles. The number of hydrogen-bond donors (Lipinski definition) is 2. The van der Waals surface area contributed by atoms with E-state index in [4.69, 9.17) is 0 Å². The highest BCUT2D eigenvalue weighted by molar-refractivity contribution is 5.98. The molecule has 2 amide bonds. The van der Waals surface area contributed by atoms with Crippen LogP contribution in [-0.4, -0.2) is 28.8 Å². The molecular formula is C28H30N3O2+. The molecule has 0 radical (unpaired) electrons. The van der Waals surface area contributed by atoms with Gasteiger partial charge in [0.05, 0.1) is 0 Å². The number of aryl methyl sites for hydroxylation is 2. The standard InChI is InChI=1S/C28H29N3O2/c1-18(2)22-15-9-21(10-16-22)17-31-26(23-11-5-19(3)6-12-23)25(28(33)30-31)29-27(32)24-13-7-20(4)8-14-24/h5-18,25-26H,1-4H3,(H-,29,30,32,33)/p+1/b31-17-/t25-,26-/m0/s1. The molecule has 1 saturated heterocycles. The van der Waals surface area contributed by atoms with Crippen molar-refractivity contribution in [2.24, 2.45) is 0 Å². The molecule has 2 N–H and O–H groups in total. The lowest BCUT2D eigenvalue weighted by Crippen LogP contribution is -2.42. The van der Waals surface area contributed by atoms with Crippen LogP contribution in [0.25, 0.3) is 0 Å². The number of benzene rings is 3. The van der Waals surface area contributed by atoms with Crippen LogP contribution in [0, 0.1) is 13.8 Å². The molecule has 0 bridgehead atoms. The largest absolute Gasteiger partial charge is 0.334 e. The van der Waals surface area contributed by atoms with Crippen LogP contribution in [-0.2, 0) is 4.79 Å². The highest BCUT2D eigenvalue weighted by Gasteiger charge is 2.47. The van der Waals surface area contributed by atoms with Crippen LogP contribution in [0.3, 0.4) is 0 Å². The Bertz CT molecular complexity index is 1180. The normalized spacial score (nSPS) is 19.1. The predicted octanol–water partition coefficient (Wildman–Crippen LogP) is 4.44. The number of nitrogens with one attached hydrogen (secondary N) is 2. The minimum atomic E-state index is -0.729. The zero-order chi connectivity index (χ0) is 23.5. The Morgan fingerprint density at radius 3 is 2.06 bits per heavy atom. The molecule has 33 heavy (non-hydrogen) atoms. The number of carbonyl (C=O) groups is 2. The second-order valence-corrected chi connectivity index (χ2v) is 9.01. The van der Waals surface area contributed by atoms with Gasteiger partial charge in [-0.2, -0.15) is 0 Å². The lowest BCUT2D eigenvalue weighted by molar-refractivity contribution is -0.596. The van der Waals surface area contributed by atoms with E-state index in [0.29, 0.717) is 11.5 Å². The van der Waals surface area contributed by atoms with Crippen molar-refractivity contribution < 1.29 is 14.3 Å². The van der Waals surface area contributed by atoms with Gasteiger partial charge in [-0.25, -0.2) is 0 Å². The highest BCUT2D eigenvalue weighted by Crippen LogP contribution is 2.26. The van der Waals surface area contributed by atoms with Crippen molar-refractivity contribution in [3.05, 3.63) is 106 Å². The summed E-state index contributed by atoms with van der Waals surface area (Å²) in [5, 5.41) is 2.95. The average Bonchev–Trinajstić information content (AvgIpc) is 3.09. The fourth-order valence-electron chi connectivity index (χ4n) is 4.00. The van der Waals surface area contributed by atoms with Crippen LogP contribution in [0.4, 0.5) is 0 Å². The third-order valence-electron chi connectivity index (χ3n) is 6.05. The summed E-state index contributed by atoms with van der Waals surface area (Å²) in [6.07, 6.45) is 1.92. The van der Waals surface area contributed by atoms with Crippen molar-refractivity contribution in [3.63, 3.8) is 0 Å². The predicted molar refractivity (Wildman–Crippen MR) is 130 cm³/mol. The summed E-state index contributed by atoms with van der Waals surface area (Å²) in [7, 11) is 0. The second-order valence-electron chi connectivity index (χ2n) is 9.01. The summed E-state index contributed by atoms with van der Waals surface area (Å²) in [6, 6.07) is 22.6. The van der Waals surface area contributed by atoms with Crippen molar-refractivity contribution in [1.82, 2.24) is 10.7 Å². The van der Waals surface area contributed by atoms with Crippen molar-refractivity contribution >= 4 is 18.0 Å². The summed E-state index contributed by atoms with van der Waals surface area (Å²) < 4.78 is 1.80. The van der Waals surface area contributed by atoms with Gasteiger partial charge in [-0.1, -0.05) is 73.5 Å². The summed E-state index contributed by atoms with van der Waals surface area (Å²) in [4.78, 5) is 25.9. The Balaban J connectivity index is 1.68. The van der Waals surface area contributed by atoms with E-state index in [-0.39, 0.29) is 17.9 Å². The Kier molecular flexibility index (Phi) is 6.40. The number of hydrogen-bond acceptors (Lipinski definition) is 2. The van der Waals surface area contributed by atoms with Gasteiger partial charge in [0.1, 0.15) is 0 Å². The molecule has 5 heteroatoms. The van der Waals surface area contributed by atoms with Gasteiger partial charge >= 0.3 is 5.91 Å². The second kappa shape index (κ2) is 9.41. The Hall–Kier alpha value is -3.73. The fraction of sp³-hybridized carbons (Fsp3) is 0.250. The quantitative estimate of drug-likeness (QED) is 0.576. The zero-order valence-electron chi connectivity index (χ0n) is 19.5. The first-order chi connectivity index (χ1) is 15.8. The van der Waals surface area contributed by atoms with E-state index in [0.717, 1.165) is 22.3 Å². The first kappa shape index (κ1) is 22.5. The fourth-order valence-corrected chi connectivity index (χ4v) is 4.00. The van der Waals surface area contributed by atoms with E-state index < -0.39 is 6.04 Å². The van der Waals surface area contributed by atoms with E-state index in [1.54, 1.807) is 16.8 Å². The van der Waals surface area contributed by atoms with E-state index in [9.17, 15) is 9.59 Å².